The number of fused-ring (bicyclic) bond motifs is 1. The molecule has 3 aromatic rings. The minimum Gasteiger partial charge on any atom is -0.497 e. The second-order valence-electron chi connectivity index (χ2n) is 12.3. The number of carbonyl (C=O) groups excluding carboxylic acids is 2. The van der Waals surface area contributed by atoms with Crippen molar-refractivity contribution in [2.75, 3.05) is 64.3 Å². The predicted octanol–water partition coefficient (Wildman–Crippen LogP) is 2.83. The van der Waals surface area contributed by atoms with Crippen molar-refractivity contribution < 1.29 is 36.7 Å². The van der Waals surface area contributed by atoms with Gasteiger partial charge in [-0.1, -0.05) is 0 Å². The summed E-state index contributed by atoms with van der Waals surface area (Å²) in [6, 6.07) is 12.2. The summed E-state index contributed by atoms with van der Waals surface area (Å²) in [5.74, 6) is -1.97. The monoisotopic (exact) mass is 707 g/mol. The van der Waals surface area contributed by atoms with Crippen LogP contribution in [0.4, 0.5) is 14.9 Å². The number of sulfonamides is 1. The number of hydrogen-bond donors (Lipinski definition) is 1. The van der Waals surface area contributed by atoms with Gasteiger partial charge in [-0.15, -0.1) is 5.06 Å². The van der Waals surface area contributed by atoms with Gasteiger partial charge in [-0.3, -0.25) is 15.0 Å². The highest BCUT2D eigenvalue weighted by molar-refractivity contribution is 7.93. The Morgan fingerprint density at radius 3 is 2.42 bits per heavy atom. The van der Waals surface area contributed by atoms with Crippen LogP contribution in [0, 0.1) is 17.1 Å². The van der Waals surface area contributed by atoms with E-state index in [-0.39, 0.29) is 28.5 Å². The molecule has 0 radical (unpaired) electrons. The quantitative estimate of drug-likeness (QED) is 0.348. The topological polar surface area (TPSA) is 158 Å². The van der Waals surface area contributed by atoms with Gasteiger partial charge in [-0.25, -0.2) is 22.6 Å². The lowest BCUT2D eigenvalue weighted by Gasteiger charge is -2.41. The highest BCUT2D eigenvalue weighted by Crippen LogP contribution is 2.49. The number of piperazine rings is 1. The molecule has 3 aliphatic heterocycles. The number of methoxy groups -OCH3 is 1. The van der Waals surface area contributed by atoms with Gasteiger partial charge in [-0.2, -0.15) is 9.57 Å². The van der Waals surface area contributed by atoms with Gasteiger partial charge in [0.05, 0.1) is 35.4 Å². The number of anilines is 1. The van der Waals surface area contributed by atoms with Gasteiger partial charge < -0.3 is 19.2 Å². The Bertz CT molecular complexity index is 1910. The molecule has 0 bridgehead atoms. The highest BCUT2D eigenvalue weighted by Gasteiger charge is 2.59. The SMILES string of the molecule is CCOc1ncccc1C1(NC(=O)ON2CCN(C3CCN(C)CC3)CC2)C(=O)N(S(=O)(=O)c2ccc(OC)cc2)c2cc(F)c(C#N)cc21. The fraction of sp³-hybridized carbons (Fsp3) is 0.412. The Hall–Kier alpha value is -4.82. The summed E-state index contributed by atoms with van der Waals surface area (Å²) >= 11 is 0. The molecule has 2 amide bonds. The van der Waals surface area contributed by atoms with Crippen molar-refractivity contribution >= 4 is 27.7 Å². The number of nitrogens with one attached hydrogen (secondary N) is 1. The standard InChI is InChI=1S/C34H38FN7O7S/c1-4-48-31-27(6-5-13-37-31)34(38-33(44)49-41-18-16-40(17-19-41)24-11-14-39(2)15-12-24)28-20-23(22-36)29(35)21-30(28)42(32(34)43)50(45,46)26-9-7-25(47-3)8-10-26/h5-10,13,20-21,24H,4,11-12,14-19H2,1-3H3,(H,38,44). The molecule has 3 aliphatic rings. The molecule has 2 saturated heterocycles. The number of likely N-dealkylation sites (tertiary alicyclic amines) is 1. The molecule has 14 nitrogen and oxygen atoms in total. The van der Waals surface area contributed by atoms with Crippen molar-refractivity contribution in [3.63, 3.8) is 0 Å². The summed E-state index contributed by atoms with van der Waals surface area (Å²) in [5.41, 5.74) is -3.48. The molecule has 1 unspecified atom stereocenters. The second kappa shape index (κ2) is 14.2. The van der Waals surface area contributed by atoms with E-state index in [1.807, 2.05) is 0 Å². The van der Waals surface area contributed by atoms with Crippen molar-refractivity contribution in [1.82, 2.24) is 25.2 Å². The maximum absolute atomic E-state index is 15.3. The first-order valence-corrected chi connectivity index (χ1v) is 17.7. The lowest BCUT2D eigenvalue weighted by molar-refractivity contribution is -0.133. The van der Waals surface area contributed by atoms with Gasteiger partial charge in [0, 0.05) is 50.0 Å². The number of benzene rings is 2. The highest BCUT2D eigenvalue weighted by atomic mass is 32.2. The average Bonchev–Trinajstić information content (AvgIpc) is 3.35. The van der Waals surface area contributed by atoms with Gasteiger partial charge >= 0.3 is 6.09 Å². The third-order valence-electron chi connectivity index (χ3n) is 9.37. The summed E-state index contributed by atoms with van der Waals surface area (Å²) in [7, 11) is -1.22. The second-order valence-corrected chi connectivity index (χ2v) is 14.0. The molecule has 4 heterocycles. The molecular formula is C34H38FN7O7S. The van der Waals surface area contributed by atoms with E-state index in [0.717, 1.165) is 38.1 Å². The van der Waals surface area contributed by atoms with E-state index in [0.29, 0.717) is 42.3 Å². The number of carbonyl (C=O) groups is 2. The van der Waals surface area contributed by atoms with Crippen molar-refractivity contribution in [3.05, 3.63) is 77.2 Å². The Labute approximate surface area is 289 Å². The normalized spacial score (nSPS) is 20.6. The van der Waals surface area contributed by atoms with Gasteiger partial charge in [0.2, 0.25) is 5.88 Å². The van der Waals surface area contributed by atoms with E-state index in [9.17, 15) is 23.3 Å². The lowest BCUT2D eigenvalue weighted by Crippen LogP contribution is -2.57. The molecule has 2 fully saturated rings. The van der Waals surface area contributed by atoms with E-state index in [2.05, 4.69) is 27.1 Å². The number of aromatic nitrogens is 1. The van der Waals surface area contributed by atoms with Crippen LogP contribution in [0.15, 0.2) is 59.6 Å². The molecule has 6 rings (SSSR count). The van der Waals surface area contributed by atoms with Gasteiger partial charge in [0.15, 0.2) is 5.54 Å². The van der Waals surface area contributed by atoms with Crippen LogP contribution in [0.2, 0.25) is 0 Å². The number of piperidine rings is 1. The number of nitrogens with zero attached hydrogens (tertiary/aromatic N) is 6. The number of rotatable bonds is 9. The van der Waals surface area contributed by atoms with Crippen LogP contribution in [-0.2, 0) is 25.2 Å². The number of ether oxygens (including phenoxy) is 2. The number of halogens is 1. The first kappa shape index (κ1) is 35.0. The Balaban J connectivity index is 1.40. The summed E-state index contributed by atoms with van der Waals surface area (Å²) in [5, 5.41) is 13.9. The van der Waals surface area contributed by atoms with E-state index in [1.165, 1.54) is 54.8 Å². The maximum atomic E-state index is 15.3. The Kier molecular flexibility index (Phi) is 9.94. The van der Waals surface area contributed by atoms with Crippen molar-refractivity contribution in [3.8, 4) is 17.7 Å². The van der Waals surface area contributed by atoms with Crippen LogP contribution >= 0.6 is 0 Å². The zero-order valence-corrected chi connectivity index (χ0v) is 28.8. The van der Waals surface area contributed by atoms with Crippen LogP contribution in [0.25, 0.3) is 0 Å². The molecule has 16 heteroatoms. The number of hydrogen-bond acceptors (Lipinski definition) is 12. The number of pyridine rings is 1. The molecule has 0 aliphatic carbocycles. The molecule has 0 spiro atoms. The van der Waals surface area contributed by atoms with E-state index < -0.39 is 44.6 Å². The maximum Gasteiger partial charge on any atom is 0.427 e. The first-order chi connectivity index (χ1) is 24.0. The third kappa shape index (κ3) is 6.33. The smallest absolute Gasteiger partial charge is 0.427 e. The number of amides is 2. The Morgan fingerprint density at radius 1 is 1.08 bits per heavy atom. The fourth-order valence-electron chi connectivity index (χ4n) is 6.78. The van der Waals surface area contributed by atoms with Crippen LogP contribution < -0.4 is 19.1 Å². The van der Waals surface area contributed by atoms with E-state index in [1.54, 1.807) is 13.0 Å². The zero-order valence-electron chi connectivity index (χ0n) is 28.0. The molecule has 1 atom stereocenters. The van der Waals surface area contributed by atoms with Crippen LogP contribution in [0.3, 0.4) is 0 Å². The summed E-state index contributed by atoms with van der Waals surface area (Å²) in [4.78, 5) is 43.2. The van der Waals surface area contributed by atoms with Crippen molar-refractivity contribution in [2.45, 2.75) is 36.2 Å². The Morgan fingerprint density at radius 2 is 1.78 bits per heavy atom. The van der Waals surface area contributed by atoms with Gasteiger partial charge in [0.1, 0.15) is 17.6 Å². The summed E-state index contributed by atoms with van der Waals surface area (Å²) < 4.78 is 55.2. The number of nitriles is 1. The van der Waals surface area contributed by atoms with Crippen LogP contribution in [0.5, 0.6) is 11.6 Å². The van der Waals surface area contributed by atoms with Crippen LogP contribution in [-0.4, -0.2) is 106 Å². The van der Waals surface area contributed by atoms with Crippen LogP contribution in [0.1, 0.15) is 36.5 Å². The predicted molar refractivity (Wildman–Crippen MR) is 178 cm³/mol. The average molecular weight is 708 g/mol. The van der Waals surface area contributed by atoms with Crippen molar-refractivity contribution in [2.24, 2.45) is 0 Å². The van der Waals surface area contributed by atoms with E-state index >= 15 is 4.39 Å². The van der Waals surface area contributed by atoms with Gasteiger partial charge in [0.25, 0.3) is 15.9 Å². The molecule has 50 heavy (non-hydrogen) atoms. The molecule has 1 N–H and O–H groups in total. The van der Waals surface area contributed by atoms with E-state index in [4.69, 9.17) is 14.3 Å². The minimum atomic E-state index is -4.74. The fourth-order valence-corrected chi connectivity index (χ4v) is 8.23. The minimum absolute atomic E-state index is 0.0416. The van der Waals surface area contributed by atoms with Crippen molar-refractivity contribution in [1.29, 1.82) is 5.26 Å². The van der Waals surface area contributed by atoms with Gasteiger partial charge in [-0.05, 0) is 82.4 Å². The molecular weight excluding hydrogens is 669 g/mol. The largest absolute Gasteiger partial charge is 0.497 e. The summed E-state index contributed by atoms with van der Waals surface area (Å²) in [6.45, 7) is 5.94. The molecule has 264 valence electrons. The third-order valence-corrected chi connectivity index (χ3v) is 11.1. The zero-order chi connectivity index (χ0) is 35.6. The number of hydroxylamine groups is 2. The molecule has 0 saturated carbocycles. The molecule has 2 aromatic carbocycles. The molecule has 1 aromatic heterocycles. The lowest BCUT2D eigenvalue weighted by atomic mass is 9.83. The summed E-state index contributed by atoms with van der Waals surface area (Å²) in [6.07, 6.45) is 2.43. The first-order valence-electron chi connectivity index (χ1n) is 16.3.